The second-order valence-corrected chi connectivity index (χ2v) is 4.74. The normalized spacial score (nSPS) is 10.5. The van der Waals surface area contributed by atoms with Crippen LogP contribution in [0.2, 0.25) is 0 Å². The Morgan fingerprint density at radius 2 is 1.95 bits per heavy atom. The van der Waals surface area contributed by atoms with E-state index in [1.54, 1.807) is 38.1 Å². The highest BCUT2D eigenvalue weighted by atomic mass is 16.3. The van der Waals surface area contributed by atoms with E-state index >= 15 is 0 Å². The molecule has 6 nitrogen and oxygen atoms in total. The standard InChI is InChI=1S/C16H18N2O4/c1-3-17-15(20)10-18(4-2)16(21)14-9-12(19)11-7-5-6-8-13(11)22-14/h5-9H,3-4,10H2,1-2H3,(H,17,20). The molecule has 0 bridgehead atoms. The Kier molecular flexibility index (Phi) is 4.93. The summed E-state index contributed by atoms with van der Waals surface area (Å²) in [4.78, 5) is 37.4. The molecule has 1 aromatic carbocycles. The van der Waals surface area contributed by atoms with E-state index in [0.717, 1.165) is 0 Å². The first-order valence-corrected chi connectivity index (χ1v) is 7.15. The molecule has 0 aliphatic heterocycles. The zero-order valence-electron chi connectivity index (χ0n) is 12.6. The molecule has 2 rings (SSSR count). The van der Waals surface area contributed by atoms with Crippen LogP contribution in [0.1, 0.15) is 24.4 Å². The maximum Gasteiger partial charge on any atom is 0.290 e. The Morgan fingerprint density at radius 3 is 2.64 bits per heavy atom. The molecule has 6 heteroatoms. The fourth-order valence-corrected chi connectivity index (χ4v) is 2.12. The summed E-state index contributed by atoms with van der Waals surface area (Å²) in [6.45, 7) is 4.33. The summed E-state index contributed by atoms with van der Waals surface area (Å²) in [5.41, 5.74) is 0.0756. The molecule has 0 unspecified atom stereocenters. The number of hydrogen-bond acceptors (Lipinski definition) is 4. The third kappa shape index (κ3) is 3.33. The molecular weight excluding hydrogens is 284 g/mol. The van der Waals surface area contributed by atoms with Gasteiger partial charge >= 0.3 is 0 Å². The van der Waals surface area contributed by atoms with Crippen LogP contribution in [-0.4, -0.2) is 36.3 Å². The monoisotopic (exact) mass is 302 g/mol. The molecule has 2 amide bonds. The van der Waals surface area contributed by atoms with Gasteiger partial charge in [-0.2, -0.15) is 0 Å². The van der Waals surface area contributed by atoms with Gasteiger partial charge < -0.3 is 14.6 Å². The first kappa shape index (κ1) is 15.8. The van der Waals surface area contributed by atoms with Gasteiger partial charge in [0, 0.05) is 19.2 Å². The second kappa shape index (κ2) is 6.89. The van der Waals surface area contributed by atoms with Gasteiger partial charge in [-0.3, -0.25) is 14.4 Å². The number of fused-ring (bicyclic) bond motifs is 1. The van der Waals surface area contributed by atoms with Crippen LogP contribution in [0.15, 0.2) is 39.5 Å². The van der Waals surface area contributed by atoms with Crippen molar-refractivity contribution in [1.82, 2.24) is 10.2 Å². The van der Waals surface area contributed by atoms with Crippen LogP contribution in [0.3, 0.4) is 0 Å². The smallest absolute Gasteiger partial charge is 0.290 e. The fourth-order valence-electron chi connectivity index (χ4n) is 2.12. The van der Waals surface area contributed by atoms with Crippen molar-refractivity contribution in [3.63, 3.8) is 0 Å². The van der Waals surface area contributed by atoms with Crippen molar-refractivity contribution in [3.8, 4) is 0 Å². The first-order chi connectivity index (χ1) is 10.6. The topological polar surface area (TPSA) is 79.6 Å². The minimum absolute atomic E-state index is 0.0603. The van der Waals surface area contributed by atoms with Crippen molar-refractivity contribution < 1.29 is 14.0 Å². The third-order valence-electron chi connectivity index (χ3n) is 3.22. The molecule has 0 radical (unpaired) electrons. The molecule has 0 saturated heterocycles. The van der Waals surface area contributed by atoms with Crippen LogP contribution in [0.4, 0.5) is 0 Å². The van der Waals surface area contributed by atoms with Crippen molar-refractivity contribution in [2.24, 2.45) is 0 Å². The van der Waals surface area contributed by atoms with E-state index in [-0.39, 0.29) is 23.6 Å². The fraction of sp³-hybridized carbons (Fsp3) is 0.312. The molecule has 0 aliphatic rings. The minimum atomic E-state index is -0.475. The Labute approximate surface area is 127 Å². The number of amides is 2. The van der Waals surface area contributed by atoms with Gasteiger partial charge in [-0.25, -0.2) is 0 Å². The lowest BCUT2D eigenvalue weighted by molar-refractivity contribution is -0.121. The molecule has 0 saturated carbocycles. The van der Waals surface area contributed by atoms with Crippen molar-refractivity contribution in [2.75, 3.05) is 19.6 Å². The van der Waals surface area contributed by atoms with Crippen LogP contribution in [0.25, 0.3) is 11.0 Å². The van der Waals surface area contributed by atoms with Gasteiger partial charge in [-0.05, 0) is 26.0 Å². The molecule has 1 aromatic heterocycles. The third-order valence-corrected chi connectivity index (χ3v) is 3.22. The highest BCUT2D eigenvalue weighted by Crippen LogP contribution is 2.13. The van der Waals surface area contributed by atoms with E-state index in [1.165, 1.54) is 11.0 Å². The number of hydrogen-bond donors (Lipinski definition) is 1. The summed E-state index contributed by atoms with van der Waals surface area (Å²) in [7, 11) is 0. The van der Waals surface area contributed by atoms with E-state index in [9.17, 15) is 14.4 Å². The number of carbonyl (C=O) groups is 2. The van der Waals surface area contributed by atoms with Gasteiger partial charge in [0.2, 0.25) is 5.91 Å². The zero-order valence-corrected chi connectivity index (χ0v) is 12.6. The summed E-state index contributed by atoms with van der Waals surface area (Å²) in [6.07, 6.45) is 0. The number of nitrogens with one attached hydrogen (secondary N) is 1. The Balaban J connectivity index is 2.31. The highest BCUT2D eigenvalue weighted by molar-refractivity contribution is 5.95. The zero-order chi connectivity index (χ0) is 16.1. The number of benzene rings is 1. The molecule has 0 fully saturated rings. The Hall–Kier alpha value is -2.63. The van der Waals surface area contributed by atoms with Gasteiger partial charge in [0.05, 0.1) is 11.9 Å². The number of nitrogens with zero attached hydrogens (tertiary/aromatic N) is 1. The highest BCUT2D eigenvalue weighted by Gasteiger charge is 2.20. The Morgan fingerprint density at radius 1 is 1.23 bits per heavy atom. The van der Waals surface area contributed by atoms with Crippen LogP contribution in [0.5, 0.6) is 0 Å². The summed E-state index contributed by atoms with van der Waals surface area (Å²) in [5.74, 6) is -0.785. The predicted octanol–water partition coefficient (Wildman–Crippen LogP) is 1.39. The Bertz CT molecular complexity index is 751. The average molecular weight is 302 g/mol. The van der Waals surface area contributed by atoms with Crippen LogP contribution < -0.4 is 10.7 Å². The molecule has 1 N–H and O–H groups in total. The molecule has 0 spiro atoms. The lowest BCUT2D eigenvalue weighted by Gasteiger charge is -2.19. The van der Waals surface area contributed by atoms with Gasteiger partial charge in [0.15, 0.2) is 11.2 Å². The maximum atomic E-state index is 12.4. The number of rotatable bonds is 5. The lowest BCUT2D eigenvalue weighted by atomic mass is 10.2. The van der Waals surface area contributed by atoms with Crippen molar-refractivity contribution >= 4 is 22.8 Å². The van der Waals surface area contributed by atoms with E-state index in [4.69, 9.17) is 4.42 Å². The van der Waals surface area contributed by atoms with Gasteiger partial charge in [0.1, 0.15) is 5.58 Å². The summed E-state index contributed by atoms with van der Waals surface area (Å²) >= 11 is 0. The molecule has 22 heavy (non-hydrogen) atoms. The maximum absolute atomic E-state index is 12.4. The number of carbonyl (C=O) groups excluding carboxylic acids is 2. The number of para-hydroxylation sites is 1. The van der Waals surface area contributed by atoms with Crippen molar-refractivity contribution in [1.29, 1.82) is 0 Å². The summed E-state index contributed by atoms with van der Waals surface area (Å²) in [6, 6.07) is 7.90. The molecule has 2 aromatic rings. The molecule has 0 aliphatic carbocycles. The lowest BCUT2D eigenvalue weighted by Crippen LogP contribution is -2.40. The largest absolute Gasteiger partial charge is 0.451 e. The van der Waals surface area contributed by atoms with Crippen molar-refractivity contribution in [2.45, 2.75) is 13.8 Å². The van der Waals surface area contributed by atoms with Gasteiger partial charge in [-0.1, -0.05) is 12.1 Å². The molecule has 116 valence electrons. The van der Waals surface area contributed by atoms with Gasteiger partial charge in [0.25, 0.3) is 5.91 Å². The number of likely N-dealkylation sites (N-methyl/N-ethyl adjacent to an activating group) is 2. The summed E-state index contributed by atoms with van der Waals surface area (Å²) < 4.78 is 5.51. The van der Waals surface area contributed by atoms with Crippen LogP contribution in [0, 0.1) is 0 Å². The summed E-state index contributed by atoms with van der Waals surface area (Å²) in [5, 5.41) is 3.05. The SMILES string of the molecule is CCNC(=O)CN(CC)C(=O)c1cc(=O)c2ccccc2o1. The van der Waals surface area contributed by atoms with Crippen molar-refractivity contribution in [3.05, 3.63) is 46.3 Å². The first-order valence-electron chi connectivity index (χ1n) is 7.15. The second-order valence-electron chi connectivity index (χ2n) is 4.74. The van der Waals surface area contributed by atoms with E-state index in [2.05, 4.69) is 5.32 Å². The quantitative estimate of drug-likeness (QED) is 0.905. The molecule has 1 heterocycles. The average Bonchev–Trinajstić information content (AvgIpc) is 2.52. The van der Waals surface area contributed by atoms with Crippen LogP contribution in [-0.2, 0) is 4.79 Å². The minimum Gasteiger partial charge on any atom is -0.451 e. The molecule has 0 atom stereocenters. The van der Waals surface area contributed by atoms with E-state index in [0.29, 0.717) is 24.1 Å². The molecular formula is C16H18N2O4. The van der Waals surface area contributed by atoms with Crippen LogP contribution >= 0.6 is 0 Å². The van der Waals surface area contributed by atoms with Gasteiger partial charge in [-0.15, -0.1) is 0 Å². The predicted molar refractivity (Wildman–Crippen MR) is 82.7 cm³/mol. The van der Waals surface area contributed by atoms with E-state index < -0.39 is 5.91 Å². The van der Waals surface area contributed by atoms with E-state index in [1.807, 2.05) is 0 Å².